The summed E-state index contributed by atoms with van der Waals surface area (Å²) in [5.41, 5.74) is 1.29. The van der Waals surface area contributed by atoms with Crippen molar-refractivity contribution in [2.24, 2.45) is 0 Å². The smallest absolute Gasteiger partial charge is 0.305 e. The molecule has 0 saturated carbocycles. The fourth-order valence-corrected chi connectivity index (χ4v) is 6.07. The second-order valence-corrected chi connectivity index (χ2v) is 13.3. The summed E-state index contributed by atoms with van der Waals surface area (Å²) in [4.78, 5) is 12.0. The first-order valence-electron chi connectivity index (χ1n) is 19.7. The number of aryl methyl sites for hydroxylation is 1. The fourth-order valence-electron chi connectivity index (χ4n) is 6.07. The first-order valence-corrected chi connectivity index (χ1v) is 19.7. The van der Waals surface area contributed by atoms with Crippen LogP contribution in [0.1, 0.15) is 193 Å². The van der Waals surface area contributed by atoms with Crippen LogP contribution in [-0.2, 0) is 20.7 Å². The number of hydrogen-bond acceptors (Lipinski definition) is 4. The number of carbonyl (C=O) groups excluding carboxylic acids is 1. The molecule has 0 fully saturated rings. The maximum absolute atomic E-state index is 12.0. The van der Waals surface area contributed by atoms with E-state index in [2.05, 4.69) is 32.0 Å². The van der Waals surface area contributed by atoms with Gasteiger partial charge in [0.05, 0.1) is 13.2 Å². The highest BCUT2D eigenvalue weighted by Crippen LogP contribution is 2.21. The summed E-state index contributed by atoms with van der Waals surface area (Å²) in [6.07, 6.45) is 36.7. The monoisotopic (exact) mass is 631 g/mol. The Morgan fingerprint density at radius 1 is 0.489 bits per heavy atom. The molecule has 0 unspecified atom stereocenters. The predicted molar refractivity (Wildman–Crippen MR) is 193 cm³/mol. The first-order chi connectivity index (χ1) is 22.3. The van der Waals surface area contributed by atoms with Crippen molar-refractivity contribution in [1.82, 2.24) is 0 Å². The number of hydrogen-bond donors (Lipinski definition) is 0. The Morgan fingerprint density at radius 3 is 1.42 bits per heavy atom. The second-order valence-electron chi connectivity index (χ2n) is 13.3. The van der Waals surface area contributed by atoms with Gasteiger partial charge in [0, 0.05) is 6.42 Å². The van der Waals surface area contributed by atoms with Gasteiger partial charge in [0.1, 0.15) is 19.0 Å². The lowest BCUT2D eigenvalue weighted by molar-refractivity contribution is -0.145. The summed E-state index contributed by atoms with van der Waals surface area (Å²) in [5, 5.41) is 0. The second kappa shape index (κ2) is 33.8. The summed E-state index contributed by atoms with van der Waals surface area (Å²) < 4.78 is 17.0. The minimum atomic E-state index is -0.0962. The van der Waals surface area contributed by atoms with Crippen LogP contribution >= 0.6 is 0 Å². The van der Waals surface area contributed by atoms with E-state index in [4.69, 9.17) is 14.2 Å². The van der Waals surface area contributed by atoms with Crippen LogP contribution in [0, 0.1) is 0 Å². The van der Waals surface area contributed by atoms with E-state index in [0.717, 1.165) is 25.0 Å². The van der Waals surface area contributed by atoms with Gasteiger partial charge in [0.2, 0.25) is 0 Å². The third kappa shape index (κ3) is 28.4. The number of esters is 1. The highest BCUT2D eigenvalue weighted by molar-refractivity contribution is 5.69. The van der Waals surface area contributed by atoms with Crippen molar-refractivity contribution in [3.63, 3.8) is 0 Å². The quantitative estimate of drug-likeness (QED) is 0.0553. The van der Waals surface area contributed by atoms with Crippen molar-refractivity contribution in [2.45, 2.75) is 194 Å². The van der Waals surface area contributed by atoms with Gasteiger partial charge in [0.15, 0.2) is 0 Å². The fraction of sp³-hybridized carbons (Fsp3) is 0.829. The summed E-state index contributed by atoms with van der Waals surface area (Å²) >= 11 is 0. The van der Waals surface area contributed by atoms with E-state index in [-0.39, 0.29) is 5.97 Å². The zero-order chi connectivity index (χ0) is 32.3. The van der Waals surface area contributed by atoms with Gasteiger partial charge in [-0.05, 0) is 30.9 Å². The molecular formula is C41H74O4. The van der Waals surface area contributed by atoms with Gasteiger partial charge >= 0.3 is 5.97 Å². The SMILES string of the molecule is CCCCCCCCCCCCCCCCCCCCCC(=O)OCCOCCOc1ccccc1CCCCCCCCC. The standard InChI is InChI=1S/C41H74O4/c1-3-5-7-9-11-12-13-14-15-16-17-18-19-20-21-22-24-26-28-34-41(42)45-38-36-43-35-37-44-40-33-30-29-32-39(40)31-27-25-23-10-8-6-4-2/h29-30,32-33H,3-28,31,34-38H2,1-2H3. The van der Waals surface area contributed by atoms with E-state index >= 15 is 0 Å². The van der Waals surface area contributed by atoms with Crippen LogP contribution in [0.15, 0.2) is 24.3 Å². The predicted octanol–water partition coefficient (Wildman–Crippen LogP) is 12.7. The van der Waals surface area contributed by atoms with Crippen LogP contribution in [-0.4, -0.2) is 32.4 Å². The average Bonchev–Trinajstić information content (AvgIpc) is 3.05. The normalized spacial score (nSPS) is 11.2. The third-order valence-electron chi connectivity index (χ3n) is 8.98. The number of unbranched alkanes of at least 4 members (excludes halogenated alkanes) is 24. The molecule has 0 aliphatic rings. The van der Waals surface area contributed by atoms with Crippen molar-refractivity contribution in [3.05, 3.63) is 29.8 Å². The third-order valence-corrected chi connectivity index (χ3v) is 8.98. The molecule has 0 spiro atoms. The van der Waals surface area contributed by atoms with Crippen molar-refractivity contribution in [1.29, 1.82) is 0 Å². The molecule has 1 aromatic carbocycles. The Morgan fingerprint density at radius 2 is 0.911 bits per heavy atom. The van der Waals surface area contributed by atoms with Crippen molar-refractivity contribution < 1.29 is 19.0 Å². The van der Waals surface area contributed by atoms with E-state index in [0.29, 0.717) is 32.8 Å². The molecule has 0 aliphatic heterocycles. The molecule has 0 saturated heterocycles. The maximum atomic E-state index is 12.0. The van der Waals surface area contributed by atoms with E-state index < -0.39 is 0 Å². The van der Waals surface area contributed by atoms with Crippen molar-refractivity contribution in [3.8, 4) is 5.75 Å². The minimum Gasteiger partial charge on any atom is -0.491 e. The zero-order valence-corrected chi connectivity index (χ0v) is 30.1. The van der Waals surface area contributed by atoms with Crippen LogP contribution in [0.3, 0.4) is 0 Å². The van der Waals surface area contributed by atoms with Crippen LogP contribution in [0.2, 0.25) is 0 Å². The molecular weight excluding hydrogens is 556 g/mol. The molecule has 45 heavy (non-hydrogen) atoms. The largest absolute Gasteiger partial charge is 0.491 e. The minimum absolute atomic E-state index is 0.0962. The number of rotatable bonds is 35. The van der Waals surface area contributed by atoms with Gasteiger partial charge in [-0.1, -0.05) is 186 Å². The molecule has 4 heteroatoms. The molecule has 0 amide bonds. The Labute approximate surface area is 280 Å². The Bertz CT molecular complexity index is 749. The molecule has 0 atom stereocenters. The maximum Gasteiger partial charge on any atom is 0.305 e. The number of para-hydroxylation sites is 1. The molecule has 262 valence electrons. The van der Waals surface area contributed by atoms with E-state index in [9.17, 15) is 4.79 Å². The van der Waals surface area contributed by atoms with Crippen molar-refractivity contribution in [2.75, 3.05) is 26.4 Å². The molecule has 0 aliphatic carbocycles. The number of ether oxygens (including phenoxy) is 3. The molecule has 1 rings (SSSR count). The lowest BCUT2D eigenvalue weighted by Gasteiger charge is -2.12. The number of carbonyl (C=O) groups is 1. The van der Waals surface area contributed by atoms with Gasteiger partial charge in [-0.3, -0.25) is 4.79 Å². The Balaban J connectivity index is 1.83. The van der Waals surface area contributed by atoms with Gasteiger partial charge in [0.25, 0.3) is 0 Å². The first kappa shape index (κ1) is 41.5. The lowest BCUT2D eigenvalue weighted by atomic mass is 10.0. The topological polar surface area (TPSA) is 44.8 Å². The Hall–Kier alpha value is -1.55. The van der Waals surface area contributed by atoms with E-state index in [1.165, 1.54) is 160 Å². The lowest BCUT2D eigenvalue weighted by Crippen LogP contribution is -2.14. The highest BCUT2D eigenvalue weighted by atomic mass is 16.6. The highest BCUT2D eigenvalue weighted by Gasteiger charge is 2.05. The summed E-state index contributed by atoms with van der Waals surface area (Å²) in [6, 6.07) is 8.35. The van der Waals surface area contributed by atoms with Crippen LogP contribution in [0.25, 0.3) is 0 Å². The number of benzene rings is 1. The summed E-state index contributed by atoms with van der Waals surface area (Å²) in [6.45, 7) is 6.32. The van der Waals surface area contributed by atoms with Gasteiger partial charge in [-0.2, -0.15) is 0 Å². The van der Waals surface area contributed by atoms with Gasteiger partial charge in [-0.25, -0.2) is 0 Å². The molecule has 0 radical (unpaired) electrons. The van der Waals surface area contributed by atoms with Crippen LogP contribution < -0.4 is 4.74 Å². The van der Waals surface area contributed by atoms with Crippen molar-refractivity contribution >= 4 is 5.97 Å². The molecule has 0 heterocycles. The molecule has 1 aromatic rings. The molecule has 0 aromatic heterocycles. The summed E-state index contributed by atoms with van der Waals surface area (Å²) in [7, 11) is 0. The zero-order valence-electron chi connectivity index (χ0n) is 30.1. The Kier molecular flexibility index (Phi) is 31.2. The van der Waals surface area contributed by atoms with Gasteiger partial charge < -0.3 is 14.2 Å². The van der Waals surface area contributed by atoms with Crippen LogP contribution in [0.5, 0.6) is 5.75 Å². The summed E-state index contributed by atoms with van der Waals surface area (Å²) in [5.74, 6) is 0.874. The molecule has 0 bridgehead atoms. The van der Waals surface area contributed by atoms with Crippen LogP contribution in [0.4, 0.5) is 0 Å². The van der Waals surface area contributed by atoms with E-state index in [1.54, 1.807) is 0 Å². The molecule has 4 nitrogen and oxygen atoms in total. The molecule has 0 N–H and O–H groups in total. The average molecular weight is 631 g/mol. The van der Waals surface area contributed by atoms with E-state index in [1.807, 2.05) is 6.07 Å². The van der Waals surface area contributed by atoms with Gasteiger partial charge in [-0.15, -0.1) is 0 Å².